The van der Waals surface area contributed by atoms with Crippen LogP contribution >= 0.6 is 0 Å². The van der Waals surface area contributed by atoms with Gasteiger partial charge in [-0.25, -0.2) is 0 Å². The fourth-order valence-electron chi connectivity index (χ4n) is 3.20. The Morgan fingerprint density at radius 1 is 1.21 bits per heavy atom. The lowest BCUT2D eigenvalue weighted by molar-refractivity contribution is 0.408. The molecule has 0 radical (unpaired) electrons. The largest absolute Gasteiger partial charge is 0.310 e. The van der Waals surface area contributed by atoms with Crippen molar-refractivity contribution >= 4 is 0 Å². The minimum absolute atomic E-state index is 0.573. The van der Waals surface area contributed by atoms with Crippen molar-refractivity contribution in [1.29, 1.82) is 0 Å². The maximum Gasteiger partial charge on any atom is 0.0325 e. The molecular formula is C18H29N. The number of fused-ring (bicyclic) bond motifs is 1. The molecule has 1 aliphatic rings. The van der Waals surface area contributed by atoms with E-state index in [-0.39, 0.29) is 0 Å². The van der Waals surface area contributed by atoms with Crippen molar-refractivity contribution < 1.29 is 0 Å². The van der Waals surface area contributed by atoms with E-state index in [1.807, 2.05) is 0 Å². The maximum absolute atomic E-state index is 3.77. The highest BCUT2D eigenvalue weighted by molar-refractivity contribution is 5.35. The van der Waals surface area contributed by atoms with Crippen molar-refractivity contribution in [3.63, 3.8) is 0 Å². The SMILES string of the molecule is CCCNC1CC(C)CCc2ccc(CCC)cc21. The van der Waals surface area contributed by atoms with Gasteiger partial charge in [-0.3, -0.25) is 0 Å². The number of aryl methyl sites for hydroxylation is 2. The van der Waals surface area contributed by atoms with Crippen molar-refractivity contribution in [3.05, 3.63) is 34.9 Å². The van der Waals surface area contributed by atoms with E-state index < -0.39 is 0 Å². The van der Waals surface area contributed by atoms with Gasteiger partial charge >= 0.3 is 0 Å². The molecule has 2 unspecified atom stereocenters. The summed E-state index contributed by atoms with van der Waals surface area (Å²) in [6.45, 7) is 8.05. The Labute approximate surface area is 118 Å². The first kappa shape index (κ1) is 14.6. The summed E-state index contributed by atoms with van der Waals surface area (Å²) in [6, 6.07) is 7.78. The minimum atomic E-state index is 0.573. The van der Waals surface area contributed by atoms with Gasteiger partial charge in [0.25, 0.3) is 0 Å². The normalized spacial score (nSPS) is 22.9. The molecule has 2 atom stereocenters. The molecule has 1 aliphatic carbocycles. The smallest absolute Gasteiger partial charge is 0.0325 e. The standard InChI is InChI=1S/C18H29N/c1-4-6-15-8-10-16-9-7-14(3)12-18(17(16)13-15)19-11-5-2/h8,10,13-14,18-19H,4-7,9,11-12H2,1-3H3. The van der Waals surface area contributed by atoms with Gasteiger partial charge in [0.1, 0.15) is 0 Å². The van der Waals surface area contributed by atoms with Gasteiger partial charge in [0.2, 0.25) is 0 Å². The van der Waals surface area contributed by atoms with Gasteiger partial charge in [0.15, 0.2) is 0 Å². The van der Waals surface area contributed by atoms with Crippen LogP contribution in [-0.2, 0) is 12.8 Å². The molecule has 0 saturated carbocycles. The van der Waals surface area contributed by atoms with E-state index in [0.717, 1.165) is 12.5 Å². The lowest BCUT2D eigenvalue weighted by Gasteiger charge is -2.21. The van der Waals surface area contributed by atoms with E-state index in [4.69, 9.17) is 0 Å². The van der Waals surface area contributed by atoms with Gasteiger partial charge in [-0.1, -0.05) is 45.4 Å². The first-order valence-corrected chi connectivity index (χ1v) is 8.09. The van der Waals surface area contributed by atoms with Crippen LogP contribution in [0.5, 0.6) is 0 Å². The van der Waals surface area contributed by atoms with E-state index in [1.165, 1.54) is 44.1 Å². The molecule has 1 N–H and O–H groups in total. The van der Waals surface area contributed by atoms with E-state index in [2.05, 4.69) is 44.3 Å². The Morgan fingerprint density at radius 2 is 2.05 bits per heavy atom. The van der Waals surface area contributed by atoms with Crippen LogP contribution in [0, 0.1) is 5.92 Å². The molecule has 1 nitrogen and oxygen atoms in total. The molecule has 2 rings (SSSR count). The summed E-state index contributed by atoms with van der Waals surface area (Å²) in [6.07, 6.45) is 7.56. The van der Waals surface area contributed by atoms with Crippen LogP contribution in [0.15, 0.2) is 18.2 Å². The fourth-order valence-corrected chi connectivity index (χ4v) is 3.20. The van der Waals surface area contributed by atoms with Crippen molar-refractivity contribution in [2.75, 3.05) is 6.54 Å². The summed E-state index contributed by atoms with van der Waals surface area (Å²) in [4.78, 5) is 0. The third-order valence-corrected chi connectivity index (χ3v) is 4.31. The second-order valence-electron chi connectivity index (χ2n) is 6.17. The highest BCUT2D eigenvalue weighted by Crippen LogP contribution is 2.32. The summed E-state index contributed by atoms with van der Waals surface area (Å²) in [7, 11) is 0. The quantitative estimate of drug-likeness (QED) is 0.759. The molecule has 0 heterocycles. The molecule has 0 saturated heterocycles. The lowest BCUT2D eigenvalue weighted by Crippen LogP contribution is -2.23. The molecule has 0 aromatic heterocycles. The van der Waals surface area contributed by atoms with Gasteiger partial charge < -0.3 is 5.32 Å². The summed E-state index contributed by atoms with van der Waals surface area (Å²) < 4.78 is 0. The Balaban J connectivity index is 2.25. The zero-order valence-corrected chi connectivity index (χ0v) is 12.8. The van der Waals surface area contributed by atoms with Crippen LogP contribution in [-0.4, -0.2) is 6.54 Å². The molecule has 0 amide bonds. The third-order valence-electron chi connectivity index (χ3n) is 4.31. The van der Waals surface area contributed by atoms with E-state index in [1.54, 1.807) is 11.1 Å². The molecule has 19 heavy (non-hydrogen) atoms. The zero-order chi connectivity index (χ0) is 13.7. The first-order chi connectivity index (χ1) is 9.24. The highest BCUT2D eigenvalue weighted by Gasteiger charge is 2.22. The maximum atomic E-state index is 3.77. The zero-order valence-electron chi connectivity index (χ0n) is 12.8. The Bertz CT molecular complexity index is 397. The number of benzene rings is 1. The monoisotopic (exact) mass is 259 g/mol. The van der Waals surface area contributed by atoms with Crippen LogP contribution in [0.25, 0.3) is 0 Å². The summed E-state index contributed by atoms with van der Waals surface area (Å²) >= 11 is 0. The second-order valence-corrected chi connectivity index (χ2v) is 6.17. The molecule has 106 valence electrons. The molecule has 1 aromatic rings. The topological polar surface area (TPSA) is 12.0 Å². The van der Waals surface area contributed by atoms with Crippen LogP contribution in [0.4, 0.5) is 0 Å². The molecule has 1 heteroatoms. The van der Waals surface area contributed by atoms with Crippen LogP contribution in [0.2, 0.25) is 0 Å². The Morgan fingerprint density at radius 3 is 2.79 bits per heavy atom. The molecular weight excluding hydrogens is 230 g/mol. The van der Waals surface area contributed by atoms with Crippen molar-refractivity contribution in [2.24, 2.45) is 5.92 Å². The lowest BCUT2D eigenvalue weighted by atomic mass is 9.94. The highest BCUT2D eigenvalue weighted by atomic mass is 14.9. The van der Waals surface area contributed by atoms with Crippen LogP contribution in [0.1, 0.15) is 69.2 Å². The summed E-state index contributed by atoms with van der Waals surface area (Å²) in [5.41, 5.74) is 4.68. The fraction of sp³-hybridized carbons (Fsp3) is 0.667. The average molecular weight is 259 g/mol. The second kappa shape index (κ2) is 7.09. The van der Waals surface area contributed by atoms with E-state index in [0.29, 0.717) is 6.04 Å². The molecule has 0 bridgehead atoms. The minimum Gasteiger partial charge on any atom is -0.310 e. The number of nitrogens with one attached hydrogen (secondary N) is 1. The van der Waals surface area contributed by atoms with Crippen molar-refractivity contribution in [3.8, 4) is 0 Å². The average Bonchev–Trinajstić information content (AvgIpc) is 2.56. The third kappa shape index (κ3) is 3.82. The Hall–Kier alpha value is -0.820. The summed E-state index contributed by atoms with van der Waals surface area (Å²) in [5, 5.41) is 3.77. The number of hydrogen-bond acceptors (Lipinski definition) is 1. The van der Waals surface area contributed by atoms with Crippen LogP contribution < -0.4 is 5.32 Å². The molecule has 0 fully saturated rings. The van der Waals surface area contributed by atoms with Crippen LogP contribution in [0.3, 0.4) is 0 Å². The van der Waals surface area contributed by atoms with Gasteiger partial charge in [0, 0.05) is 6.04 Å². The number of rotatable bonds is 5. The number of hydrogen-bond donors (Lipinski definition) is 1. The van der Waals surface area contributed by atoms with Crippen molar-refractivity contribution in [1.82, 2.24) is 5.32 Å². The predicted octanol–water partition coefficient (Wildman–Crippen LogP) is 4.65. The van der Waals surface area contributed by atoms with E-state index in [9.17, 15) is 0 Å². The predicted molar refractivity (Wildman–Crippen MR) is 83.6 cm³/mol. The van der Waals surface area contributed by atoms with Gasteiger partial charge in [0.05, 0.1) is 0 Å². The van der Waals surface area contributed by atoms with Gasteiger partial charge in [-0.2, -0.15) is 0 Å². The molecule has 0 aliphatic heterocycles. The molecule has 1 aromatic carbocycles. The van der Waals surface area contributed by atoms with E-state index >= 15 is 0 Å². The summed E-state index contributed by atoms with van der Waals surface area (Å²) in [5.74, 6) is 0.830. The molecule has 0 spiro atoms. The van der Waals surface area contributed by atoms with Crippen molar-refractivity contribution in [2.45, 2.75) is 65.3 Å². The Kier molecular flexibility index (Phi) is 5.45. The van der Waals surface area contributed by atoms with Gasteiger partial charge in [-0.05, 0) is 61.3 Å². The first-order valence-electron chi connectivity index (χ1n) is 8.09. The van der Waals surface area contributed by atoms with Gasteiger partial charge in [-0.15, -0.1) is 0 Å².